The van der Waals surface area contributed by atoms with Crippen LogP contribution in [0.4, 0.5) is 0 Å². The van der Waals surface area contributed by atoms with Crippen LogP contribution in [0.3, 0.4) is 0 Å². The highest BCUT2D eigenvalue weighted by Gasteiger charge is 2.34. The number of nitrogens with zero attached hydrogens (tertiary/aromatic N) is 1. The van der Waals surface area contributed by atoms with Gasteiger partial charge in [0.2, 0.25) is 5.91 Å². The number of thiocarbonyl (C=S) groups is 1. The molecule has 0 spiro atoms. The van der Waals surface area contributed by atoms with Crippen LogP contribution >= 0.6 is 12.2 Å². The van der Waals surface area contributed by atoms with Gasteiger partial charge in [-0.2, -0.15) is 0 Å². The van der Waals surface area contributed by atoms with Crippen molar-refractivity contribution in [2.45, 2.75) is 32.2 Å². The maximum Gasteiger partial charge on any atom is 0.308 e. The van der Waals surface area contributed by atoms with Gasteiger partial charge in [0.25, 0.3) is 5.91 Å². The van der Waals surface area contributed by atoms with E-state index in [4.69, 9.17) is 26.4 Å². The van der Waals surface area contributed by atoms with Gasteiger partial charge < -0.3 is 24.4 Å². The molecule has 31 heavy (non-hydrogen) atoms. The lowest BCUT2D eigenvalue weighted by Crippen LogP contribution is -2.60. The van der Waals surface area contributed by atoms with E-state index in [-0.39, 0.29) is 30.7 Å². The van der Waals surface area contributed by atoms with Crippen LogP contribution in [0.5, 0.6) is 5.75 Å². The van der Waals surface area contributed by atoms with E-state index in [0.717, 1.165) is 12.8 Å². The van der Waals surface area contributed by atoms with Crippen molar-refractivity contribution in [2.24, 2.45) is 0 Å². The fourth-order valence-electron chi connectivity index (χ4n) is 2.96. The molecule has 2 N–H and O–H groups in total. The molecule has 1 unspecified atom stereocenters. The van der Waals surface area contributed by atoms with Crippen LogP contribution in [-0.2, 0) is 19.1 Å². The average molecular weight is 452 g/mol. The first kappa shape index (κ1) is 24.5. The lowest BCUT2D eigenvalue weighted by molar-refractivity contribution is -0.148. The Bertz CT molecular complexity index is 788. The normalized spacial score (nSPS) is 15.7. The Morgan fingerprint density at radius 2 is 2.03 bits per heavy atom. The van der Waals surface area contributed by atoms with Crippen molar-refractivity contribution >= 4 is 35.1 Å². The summed E-state index contributed by atoms with van der Waals surface area (Å²) < 4.78 is 15.6. The van der Waals surface area contributed by atoms with Gasteiger partial charge in [-0.25, -0.2) is 0 Å². The molecule has 0 radical (unpaired) electrons. The van der Waals surface area contributed by atoms with Gasteiger partial charge in [0.1, 0.15) is 18.4 Å². The van der Waals surface area contributed by atoms with E-state index in [0.29, 0.717) is 31.0 Å². The van der Waals surface area contributed by atoms with Crippen molar-refractivity contribution in [3.63, 3.8) is 0 Å². The SMILES string of the molecule is CCCCOc1ccccc1C(=O)NC(=S)N1CCNC(=O)C1CC(=O)OCCOC. The number of hydrogen-bond donors (Lipinski definition) is 2. The van der Waals surface area contributed by atoms with E-state index in [1.165, 1.54) is 12.0 Å². The van der Waals surface area contributed by atoms with Gasteiger partial charge in [-0.3, -0.25) is 19.7 Å². The van der Waals surface area contributed by atoms with E-state index in [2.05, 4.69) is 17.6 Å². The monoisotopic (exact) mass is 451 g/mol. The maximum absolute atomic E-state index is 12.8. The molecule has 0 bridgehead atoms. The number of benzene rings is 1. The van der Waals surface area contributed by atoms with E-state index in [9.17, 15) is 14.4 Å². The molecule has 9 nitrogen and oxygen atoms in total. The average Bonchev–Trinajstić information content (AvgIpc) is 2.75. The van der Waals surface area contributed by atoms with E-state index in [1.807, 2.05) is 0 Å². The fourth-order valence-corrected chi connectivity index (χ4v) is 3.27. The molecule has 1 aliphatic heterocycles. The molecular weight excluding hydrogens is 422 g/mol. The predicted octanol–water partition coefficient (Wildman–Crippen LogP) is 1.26. The molecule has 2 amide bonds. The Morgan fingerprint density at radius 3 is 2.77 bits per heavy atom. The lowest BCUT2D eigenvalue weighted by Gasteiger charge is -2.36. The summed E-state index contributed by atoms with van der Waals surface area (Å²) in [5.41, 5.74) is 0.345. The number of nitrogens with one attached hydrogen (secondary N) is 2. The number of ether oxygens (including phenoxy) is 3. The zero-order valence-corrected chi connectivity index (χ0v) is 18.7. The molecule has 0 aliphatic carbocycles. The second kappa shape index (κ2) is 12.9. The molecule has 1 saturated heterocycles. The highest BCUT2D eigenvalue weighted by molar-refractivity contribution is 7.80. The standard InChI is InChI=1S/C21H29N3O6S/c1-3-4-11-29-17-8-6-5-7-15(17)19(26)23-21(31)24-10-9-22-20(27)16(24)14-18(25)30-13-12-28-2/h5-8,16H,3-4,9-14H2,1-2H3,(H,22,27)(H,23,26,31). The smallest absolute Gasteiger partial charge is 0.308 e. The van der Waals surface area contributed by atoms with Gasteiger partial charge in [0, 0.05) is 20.2 Å². The number of carbonyl (C=O) groups excluding carboxylic acids is 3. The molecule has 1 atom stereocenters. The molecule has 1 aromatic carbocycles. The molecular formula is C21H29N3O6S. The Hall–Kier alpha value is -2.72. The zero-order valence-electron chi connectivity index (χ0n) is 17.8. The molecule has 2 rings (SSSR count). The van der Waals surface area contributed by atoms with Crippen LogP contribution in [0.2, 0.25) is 0 Å². The second-order valence-electron chi connectivity index (χ2n) is 6.88. The molecule has 10 heteroatoms. The quantitative estimate of drug-likeness (QED) is 0.311. The van der Waals surface area contributed by atoms with Gasteiger partial charge in [-0.1, -0.05) is 25.5 Å². The molecule has 1 heterocycles. The van der Waals surface area contributed by atoms with Gasteiger partial charge in [0.15, 0.2) is 5.11 Å². The minimum atomic E-state index is -0.868. The zero-order chi connectivity index (χ0) is 22.6. The summed E-state index contributed by atoms with van der Waals surface area (Å²) in [6.45, 7) is 3.63. The third-order valence-corrected chi connectivity index (χ3v) is 4.95. The van der Waals surface area contributed by atoms with Crippen LogP contribution in [0.25, 0.3) is 0 Å². The van der Waals surface area contributed by atoms with E-state index < -0.39 is 17.9 Å². The molecule has 0 saturated carbocycles. The minimum Gasteiger partial charge on any atom is -0.493 e. The number of esters is 1. The van der Waals surface area contributed by atoms with Crippen LogP contribution in [-0.4, -0.2) is 73.9 Å². The predicted molar refractivity (Wildman–Crippen MR) is 118 cm³/mol. The number of piperazine rings is 1. The Labute approximate surface area is 187 Å². The topological polar surface area (TPSA) is 106 Å². The van der Waals surface area contributed by atoms with Crippen LogP contribution in [0.15, 0.2) is 24.3 Å². The molecule has 1 aliphatic rings. The summed E-state index contributed by atoms with van der Waals surface area (Å²) in [7, 11) is 1.50. The van der Waals surface area contributed by atoms with Crippen molar-refractivity contribution in [3.8, 4) is 5.75 Å². The number of amides is 2. The number of para-hydroxylation sites is 1. The summed E-state index contributed by atoms with van der Waals surface area (Å²) in [5, 5.41) is 5.43. The van der Waals surface area contributed by atoms with E-state index in [1.54, 1.807) is 24.3 Å². The van der Waals surface area contributed by atoms with Gasteiger partial charge in [-0.15, -0.1) is 0 Å². The highest BCUT2D eigenvalue weighted by atomic mass is 32.1. The van der Waals surface area contributed by atoms with Crippen molar-refractivity contribution < 1.29 is 28.6 Å². The first-order chi connectivity index (χ1) is 15.0. The third-order valence-electron chi connectivity index (χ3n) is 4.61. The molecule has 1 fully saturated rings. The van der Waals surface area contributed by atoms with Crippen molar-refractivity contribution in [1.82, 2.24) is 15.5 Å². The van der Waals surface area contributed by atoms with Crippen molar-refractivity contribution in [3.05, 3.63) is 29.8 Å². The summed E-state index contributed by atoms with van der Waals surface area (Å²) in [6.07, 6.45) is 1.66. The summed E-state index contributed by atoms with van der Waals surface area (Å²) in [5.74, 6) is -0.877. The Balaban J connectivity index is 2.04. The van der Waals surface area contributed by atoms with E-state index >= 15 is 0 Å². The molecule has 1 aromatic rings. The maximum atomic E-state index is 12.8. The first-order valence-corrected chi connectivity index (χ1v) is 10.6. The summed E-state index contributed by atoms with van der Waals surface area (Å²) in [6, 6.07) is 6.02. The van der Waals surface area contributed by atoms with Gasteiger partial charge in [-0.05, 0) is 30.8 Å². The van der Waals surface area contributed by atoms with Crippen molar-refractivity contribution in [1.29, 1.82) is 0 Å². The highest BCUT2D eigenvalue weighted by Crippen LogP contribution is 2.19. The number of unbranched alkanes of at least 4 members (excludes halogenated alkanes) is 1. The number of methoxy groups -OCH3 is 1. The first-order valence-electron chi connectivity index (χ1n) is 10.2. The van der Waals surface area contributed by atoms with Crippen LogP contribution in [0.1, 0.15) is 36.5 Å². The number of hydrogen-bond acceptors (Lipinski definition) is 7. The van der Waals surface area contributed by atoms with Crippen molar-refractivity contribution in [2.75, 3.05) is 40.0 Å². The summed E-state index contributed by atoms with van der Waals surface area (Å²) >= 11 is 5.39. The third kappa shape index (κ3) is 7.48. The van der Waals surface area contributed by atoms with Gasteiger partial charge in [0.05, 0.1) is 25.2 Å². The molecule has 170 valence electrons. The minimum absolute atomic E-state index is 0.0675. The fraction of sp³-hybridized carbons (Fsp3) is 0.524. The number of carbonyl (C=O) groups is 3. The molecule has 0 aromatic heterocycles. The largest absolute Gasteiger partial charge is 0.493 e. The summed E-state index contributed by atoms with van der Waals surface area (Å²) in [4.78, 5) is 38.8. The number of rotatable bonds is 10. The van der Waals surface area contributed by atoms with Gasteiger partial charge >= 0.3 is 5.97 Å². The lowest BCUT2D eigenvalue weighted by atomic mass is 10.1. The van der Waals surface area contributed by atoms with Crippen LogP contribution in [0, 0.1) is 0 Å². The second-order valence-corrected chi connectivity index (χ2v) is 7.26. The van der Waals surface area contributed by atoms with Crippen LogP contribution < -0.4 is 15.4 Å². The Morgan fingerprint density at radius 1 is 1.26 bits per heavy atom. The Kier molecular flexibility index (Phi) is 10.2.